The minimum atomic E-state index is 0.186. The van der Waals surface area contributed by atoms with E-state index in [9.17, 15) is 0 Å². The van der Waals surface area contributed by atoms with Gasteiger partial charge in [-0.2, -0.15) is 0 Å². The minimum Gasteiger partial charge on any atom is -0.336 e. The first kappa shape index (κ1) is 16.6. The van der Waals surface area contributed by atoms with E-state index < -0.39 is 0 Å². The molecule has 1 atom stereocenters. The number of imidazole rings is 1. The summed E-state index contributed by atoms with van der Waals surface area (Å²) in [6.45, 7) is 1.44. The molecule has 3 heterocycles. The Morgan fingerprint density at radius 3 is 2.76 bits per heavy atom. The molecule has 1 unspecified atom stereocenters. The summed E-state index contributed by atoms with van der Waals surface area (Å²) in [5.74, 6) is 0.857. The van der Waals surface area contributed by atoms with Gasteiger partial charge in [-0.3, -0.25) is 5.41 Å². The number of aromatic amines is 1. The topological polar surface area (TPSA) is 82.4 Å². The Kier molecular flexibility index (Phi) is 4.50. The van der Waals surface area contributed by atoms with Gasteiger partial charge in [0.15, 0.2) is 11.1 Å². The van der Waals surface area contributed by atoms with E-state index in [1.165, 1.54) is 12.8 Å². The average Bonchev–Trinajstić information content (AvgIpc) is 3.07. The maximum Gasteiger partial charge on any atom is 0.173 e. The van der Waals surface area contributed by atoms with Crippen molar-refractivity contribution in [2.75, 3.05) is 6.54 Å². The highest BCUT2D eigenvalue weighted by molar-refractivity contribution is 6.35. The largest absolute Gasteiger partial charge is 0.336 e. The van der Waals surface area contributed by atoms with E-state index in [2.05, 4.69) is 15.3 Å². The molecule has 3 aromatic rings. The van der Waals surface area contributed by atoms with Crippen molar-refractivity contribution in [3.05, 3.63) is 51.4 Å². The number of fused-ring (bicyclic) bond motifs is 1. The molecule has 0 bridgehead atoms. The van der Waals surface area contributed by atoms with Crippen molar-refractivity contribution >= 4 is 34.4 Å². The predicted molar refractivity (Wildman–Crippen MR) is 97.9 cm³/mol. The quantitative estimate of drug-likeness (QED) is 0.654. The Hall–Kier alpha value is -1.89. The zero-order valence-corrected chi connectivity index (χ0v) is 15.0. The second-order valence-corrected chi connectivity index (χ2v) is 7.06. The van der Waals surface area contributed by atoms with E-state index >= 15 is 0 Å². The Balaban J connectivity index is 1.78. The number of benzene rings is 1. The zero-order chi connectivity index (χ0) is 17.4. The van der Waals surface area contributed by atoms with Gasteiger partial charge in [-0.15, -0.1) is 0 Å². The molecule has 1 aliphatic heterocycles. The van der Waals surface area contributed by atoms with Crippen molar-refractivity contribution < 1.29 is 0 Å². The normalized spacial score (nSPS) is 17.9. The van der Waals surface area contributed by atoms with Crippen molar-refractivity contribution in [2.45, 2.75) is 31.8 Å². The number of hydrogen-bond donors (Lipinski definition) is 3. The van der Waals surface area contributed by atoms with Gasteiger partial charge >= 0.3 is 0 Å². The van der Waals surface area contributed by atoms with Gasteiger partial charge in [-0.1, -0.05) is 35.7 Å². The van der Waals surface area contributed by atoms with Crippen molar-refractivity contribution in [1.82, 2.24) is 24.8 Å². The smallest absolute Gasteiger partial charge is 0.173 e. The number of rotatable bonds is 3. The lowest BCUT2D eigenvalue weighted by atomic mass is 10.0. The average molecular weight is 377 g/mol. The van der Waals surface area contributed by atoms with Gasteiger partial charge in [-0.25, -0.2) is 9.97 Å². The summed E-state index contributed by atoms with van der Waals surface area (Å²) < 4.78 is 1.88. The van der Waals surface area contributed by atoms with Crippen molar-refractivity contribution in [3.63, 3.8) is 0 Å². The van der Waals surface area contributed by atoms with Crippen LogP contribution in [-0.2, 0) is 6.54 Å². The molecule has 0 aliphatic carbocycles. The SMILES string of the molecule is N=c1ncn(Cc2c(Cl)cccc2Cl)c2nc(C3CCCCN3)[nH]c12. The standard InChI is InChI=1S/C17H18Cl2N6/c18-11-4-3-5-12(19)10(11)8-25-9-22-15(20)14-17(25)24-16(23-14)13-6-1-2-7-21-13/h3-5,9,13,20-21H,1-2,6-8H2,(H,23,24). The number of H-pyrrole nitrogens is 1. The molecule has 1 aromatic carbocycles. The van der Waals surface area contributed by atoms with Gasteiger partial charge < -0.3 is 14.9 Å². The summed E-state index contributed by atoms with van der Waals surface area (Å²) in [7, 11) is 0. The first-order valence-electron chi connectivity index (χ1n) is 8.29. The summed E-state index contributed by atoms with van der Waals surface area (Å²) in [5, 5.41) is 12.8. The Morgan fingerprint density at radius 1 is 1.24 bits per heavy atom. The van der Waals surface area contributed by atoms with Crippen LogP contribution in [0, 0.1) is 5.41 Å². The summed E-state index contributed by atoms with van der Waals surface area (Å²) in [6.07, 6.45) is 5.02. The highest BCUT2D eigenvalue weighted by atomic mass is 35.5. The fourth-order valence-electron chi connectivity index (χ4n) is 3.22. The van der Waals surface area contributed by atoms with Crippen LogP contribution in [0.15, 0.2) is 24.5 Å². The fourth-order valence-corrected chi connectivity index (χ4v) is 3.74. The molecule has 1 saturated heterocycles. The number of halogens is 2. The van der Waals surface area contributed by atoms with E-state index in [1.54, 1.807) is 6.33 Å². The summed E-state index contributed by atoms with van der Waals surface area (Å²) >= 11 is 12.6. The second kappa shape index (κ2) is 6.78. The Bertz CT molecular complexity index is 951. The van der Waals surface area contributed by atoms with Crippen LogP contribution >= 0.6 is 23.2 Å². The van der Waals surface area contributed by atoms with E-state index in [0.29, 0.717) is 27.8 Å². The molecule has 4 rings (SSSR count). The van der Waals surface area contributed by atoms with Crippen molar-refractivity contribution in [1.29, 1.82) is 5.41 Å². The molecule has 6 nitrogen and oxygen atoms in total. The maximum absolute atomic E-state index is 8.08. The molecule has 2 aromatic heterocycles. The van der Waals surface area contributed by atoms with Gasteiger partial charge in [0.05, 0.1) is 18.9 Å². The third kappa shape index (κ3) is 3.17. The lowest BCUT2D eigenvalue weighted by Gasteiger charge is -2.21. The molecule has 1 aliphatic rings. The van der Waals surface area contributed by atoms with Crippen LogP contribution in [0.3, 0.4) is 0 Å². The van der Waals surface area contributed by atoms with Gasteiger partial charge in [0.25, 0.3) is 0 Å². The van der Waals surface area contributed by atoms with Crippen LogP contribution in [0.1, 0.15) is 36.7 Å². The summed E-state index contributed by atoms with van der Waals surface area (Å²) in [6, 6.07) is 5.64. The molecule has 0 amide bonds. The van der Waals surface area contributed by atoms with Gasteiger partial charge in [0, 0.05) is 15.6 Å². The van der Waals surface area contributed by atoms with Gasteiger partial charge in [-0.05, 0) is 31.5 Å². The number of hydrogen-bond acceptors (Lipinski definition) is 4. The van der Waals surface area contributed by atoms with Crippen LogP contribution in [-0.4, -0.2) is 26.1 Å². The molecule has 8 heteroatoms. The van der Waals surface area contributed by atoms with Crippen LogP contribution in [0.2, 0.25) is 10.0 Å². The summed E-state index contributed by atoms with van der Waals surface area (Å²) in [5.41, 5.74) is 2.33. The predicted octanol–water partition coefficient (Wildman–Crippen LogP) is 3.41. The first-order valence-corrected chi connectivity index (χ1v) is 9.05. The summed E-state index contributed by atoms with van der Waals surface area (Å²) in [4.78, 5) is 12.2. The molecule has 0 radical (unpaired) electrons. The van der Waals surface area contributed by atoms with Crippen molar-refractivity contribution in [2.24, 2.45) is 0 Å². The molecule has 0 spiro atoms. The monoisotopic (exact) mass is 376 g/mol. The van der Waals surface area contributed by atoms with Crippen LogP contribution in [0.5, 0.6) is 0 Å². The second-order valence-electron chi connectivity index (χ2n) is 6.24. The van der Waals surface area contributed by atoms with Crippen LogP contribution < -0.4 is 10.8 Å². The number of aromatic nitrogens is 4. The highest BCUT2D eigenvalue weighted by Gasteiger charge is 2.20. The molecule has 130 valence electrons. The highest BCUT2D eigenvalue weighted by Crippen LogP contribution is 2.26. The first-order chi connectivity index (χ1) is 12.1. The van der Waals surface area contributed by atoms with Crippen LogP contribution in [0.4, 0.5) is 0 Å². The number of piperidine rings is 1. The third-order valence-electron chi connectivity index (χ3n) is 4.57. The van der Waals surface area contributed by atoms with Crippen LogP contribution in [0.25, 0.3) is 11.2 Å². The van der Waals surface area contributed by atoms with Crippen molar-refractivity contribution in [3.8, 4) is 0 Å². The lowest BCUT2D eigenvalue weighted by molar-refractivity contribution is 0.400. The zero-order valence-electron chi connectivity index (χ0n) is 13.5. The maximum atomic E-state index is 8.08. The number of nitrogens with zero attached hydrogens (tertiary/aromatic N) is 3. The van der Waals surface area contributed by atoms with Gasteiger partial charge in [0.2, 0.25) is 0 Å². The van der Waals surface area contributed by atoms with E-state index in [-0.39, 0.29) is 11.5 Å². The lowest BCUT2D eigenvalue weighted by Crippen LogP contribution is -2.27. The minimum absolute atomic E-state index is 0.186. The molecular formula is C17H18Cl2N6. The fraction of sp³-hybridized carbons (Fsp3) is 0.353. The molecular weight excluding hydrogens is 359 g/mol. The molecule has 0 saturated carbocycles. The third-order valence-corrected chi connectivity index (χ3v) is 5.28. The van der Waals surface area contributed by atoms with Gasteiger partial charge in [0.1, 0.15) is 11.3 Å². The Labute approximate surface area is 154 Å². The molecule has 25 heavy (non-hydrogen) atoms. The molecule has 1 fully saturated rings. The Morgan fingerprint density at radius 2 is 2.04 bits per heavy atom. The van der Waals surface area contributed by atoms with E-state index in [4.69, 9.17) is 33.6 Å². The number of nitrogens with one attached hydrogen (secondary N) is 3. The van der Waals surface area contributed by atoms with E-state index in [1.807, 2.05) is 22.8 Å². The molecule has 3 N–H and O–H groups in total. The van der Waals surface area contributed by atoms with E-state index in [0.717, 1.165) is 24.4 Å².